The van der Waals surface area contributed by atoms with Crippen molar-refractivity contribution in [1.82, 2.24) is 40.1 Å². The number of carbonyl (C=O) groups is 5. The van der Waals surface area contributed by atoms with Gasteiger partial charge >= 0.3 is 23.9 Å². The molecule has 1 saturated heterocycles. The lowest BCUT2D eigenvalue weighted by Gasteiger charge is -2.37. The maximum absolute atomic E-state index is 13.0. The monoisotopic (exact) mass is 791 g/mol. The average Bonchev–Trinajstić information content (AvgIpc) is 3.10. The Hall–Kier alpha value is -4.86. The van der Waals surface area contributed by atoms with Crippen molar-refractivity contribution < 1.29 is 48.8 Å². The molecule has 55 heavy (non-hydrogen) atoms. The summed E-state index contributed by atoms with van der Waals surface area (Å²) in [5.41, 5.74) is 1.67. The molecule has 0 spiro atoms. The predicted molar refractivity (Wildman–Crippen MR) is 204 cm³/mol. The van der Waals surface area contributed by atoms with Gasteiger partial charge in [0.1, 0.15) is 11.5 Å². The fourth-order valence-electron chi connectivity index (χ4n) is 5.96. The lowest BCUT2D eigenvalue weighted by atomic mass is 10.0. The van der Waals surface area contributed by atoms with Gasteiger partial charge in [-0.2, -0.15) is 0 Å². The maximum atomic E-state index is 13.0. The van der Waals surface area contributed by atoms with Gasteiger partial charge in [-0.1, -0.05) is 12.1 Å². The summed E-state index contributed by atoms with van der Waals surface area (Å²) in [4.78, 5) is 71.6. The van der Waals surface area contributed by atoms with E-state index in [1.165, 1.54) is 12.1 Å². The van der Waals surface area contributed by atoms with Crippen LogP contribution < -0.4 is 16.0 Å². The molecule has 18 nitrogen and oxygen atoms in total. The van der Waals surface area contributed by atoms with Crippen LogP contribution in [0.1, 0.15) is 16.1 Å². The summed E-state index contributed by atoms with van der Waals surface area (Å²) in [5, 5.41) is 47.8. The van der Waals surface area contributed by atoms with Gasteiger partial charge in [0.2, 0.25) is 0 Å². The minimum absolute atomic E-state index is 0.132. The molecule has 1 atom stereocenters. The van der Waals surface area contributed by atoms with E-state index in [9.17, 15) is 48.8 Å². The predicted octanol–water partition coefficient (Wildman–Crippen LogP) is -0.660. The number of carboxylic acid groups (broad SMARTS) is 4. The highest BCUT2D eigenvalue weighted by Gasteiger charge is 2.27. The molecule has 20 heteroatoms. The number of halogens is 1. The van der Waals surface area contributed by atoms with Crippen LogP contribution in [0.5, 0.6) is 0 Å². The van der Waals surface area contributed by atoms with Crippen molar-refractivity contribution in [2.75, 3.05) is 111 Å². The van der Waals surface area contributed by atoms with Crippen LogP contribution in [0.25, 0.3) is 0 Å². The molecule has 1 aromatic heterocycles. The third-order valence-corrected chi connectivity index (χ3v) is 9.02. The van der Waals surface area contributed by atoms with Crippen LogP contribution in [0.4, 0.5) is 10.1 Å². The second-order valence-electron chi connectivity index (χ2n) is 13.2. The Morgan fingerprint density at radius 2 is 1.29 bits per heavy atom. The third-order valence-electron chi connectivity index (χ3n) is 8.77. The van der Waals surface area contributed by atoms with Crippen LogP contribution in [0.15, 0.2) is 42.6 Å². The number of thiocarbonyl (C=S) groups is 1. The minimum Gasteiger partial charge on any atom is -0.480 e. The standard InChI is InChI=1S/C35H50FN9O9S/c1-41(10-8-37-34(54)29-7-4-26(36)19-39-29)11-9-38-35(55)40-27-5-2-25(3-6-27)18-28-20-44(23-32(50)51)15-14-42(21-30(46)47)12-13-43(22-31(48)49)16-17-45(28)24-33(52)53/h2-7,19,28H,8-18,20-24H2,1H3,(H,37,54)(H,46,47)(H,48,49)(H,50,51)(H,52,53)(H2,38,40,55). The van der Waals surface area contributed by atoms with Crippen LogP contribution in [0.2, 0.25) is 0 Å². The van der Waals surface area contributed by atoms with E-state index >= 15 is 0 Å². The van der Waals surface area contributed by atoms with Gasteiger partial charge in [-0.15, -0.1) is 0 Å². The first-order valence-electron chi connectivity index (χ1n) is 17.7. The number of pyridine rings is 1. The molecule has 1 unspecified atom stereocenters. The summed E-state index contributed by atoms with van der Waals surface area (Å²) in [6.07, 6.45) is 1.33. The van der Waals surface area contributed by atoms with E-state index in [0.29, 0.717) is 43.4 Å². The van der Waals surface area contributed by atoms with Crippen LogP contribution in [-0.4, -0.2) is 196 Å². The molecule has 2 aromatic rings. The molecule has 0 bridgehead atoms. The van der Waals surface area contributed by atoms with Crippen LogP contribution in [0.3, 0.4) is 0 Å². The number of amides is 1. The van der Waals surface area contributed by atoms with E-state index in [4.69, 9.17) is 12.2 Å². The molecule has 1 aromatic carbocycles. The van der Waals surface area contributed by atoms with Gasteiger partial charge in [0, 0.05) is 83.7 Å². The first-order chi connectivity index (χ1) is 26.2. The van der Waals surface area contributed by atoms with Gasteiger partial charge in [-0.3, -0.25) is 43.6 Å². The maximum Gasteiger partial charge on any atom is 0.317 e. The van der Waals surface area contributed by atoms with Crippen LogP contribution in [0, 0.1) is 5.82 Å². The molecule has 3 rings (SSSR count). The summed E-state index contributed by atoms with van der Waals surface area (Å²) in [5.74, 6) is -5.21. The molecule has 1 fully saturated rings. The summed E-state index contributed by atoms with van der Waals surface area (Å²) < 4.78 is 13.0. The molecule has 0 aliphatic carbocycles. The Labute approximate surface area is 323 Å². The molecule has 1 aliphatic rings. The zero-order chi connectivity index (χ0) is 40.3. The quantitative estimate of drug-likeness (QED) is 0.0930. The van der Waals surface area contributed by atoms with Gasteiger partial charge < -0.3 is 41.3 Å². The summed E-state index contributed by atoms with van der Waals surface area (Å²) in [6.45, 7) is 2.18. The number of rotatable bonds is 18. The Morgan fingerprint density at radius 1 is 0.764 bits per heavy atom. The highest BCUT2D eigenvalue weighted by molar-refractivity contribution is 7.80. The largest absolute Gasteiger partial charge is 0.480 e. The third kappa shape index (κ3) is 17.9. The van der Waals surface area contributed by atoms with Crippen molar-refractivity contribution >= 4 is 52.8 Å². The second kappa shape index (κ2) is 23.1. The lowest BCUT2D eigenvalue weighted by Crippen LogP contribution is -2.53. The number of likely N-dealkylation sites (N-methyl/N-ethyl adjacent to an activating group) is 1. The van der Waals surface area contributed by atoms with Crippen molar-refractivity contribution in [2.45, 2.75) is 12.5 Å². The van der Waals surface area contributed by atoms with Gasteiger partial charge in [0.05, 0.1) is 32.4 Å². The molecule has 0 radical (unpaired) electrons. The number of hydrogen-bond donors (Lipinski definition) is 7. The number of nitrogens with zero attached hydrogens (tertiary/aromatic N) is 6. The van der Waals surface area contributed by atoms with Crippen molar-refractivity contribution in [3.05, 3.63) is 59.7 Å². The van der Waals surface area contributed by atoms with Gasteiger partial charge in [0.25, 0.3) is 5.91 Å². The normalized spacial score (nSPS) is 16.7. The molecule has 7 N–H and O–H groups in total. The highest BCUT2D eigenvalue weighted by Crippen LogP contribution is 2.16. The molecular weight excluding hydrogens is 742 g/mol. The summed E-state index contributed by atoms with van der Waals surface area (Å²) >= 11 is 5.45. The van der Waals surface area contributed by atoms with Crippen LogP contribution in [-0.2, 0) is 25.6 Å². The summed E-state index contributed by atoms with van der Waals surface area (Å²) in [7, 11) is 1.89. The van der Waals surface area contributed by atoms with Crippen molar-refractivity contribution in [3.63, 3.8) is 0 Å². The van der Waals surface area contributed by atoms with Gasteiger partial charge in [0.15, 0.2) is 5.11 Å². The summed E-state index contributed by atoms with van der Waals surface area (Å²) in [6, 6.07) is 9.36. The number of hydrogen-bond acceptors (Lipinski definition) is 12. The zero-order valence-corrected chi connectivity index (χ0v) is 31.5. The number of benzene rings is 1. The van der Waals surface area contributed by atoms with E-state index in [1.54, 1.807) is 19.6 Å². The first-order valence-corrected chi connectivity index (χ1v) is 18.1. The molecule has 1 amide bonds. The fourth-order valence-corrected chi connectivity index (χ4v) is 6.18. The number of carboxylic acids is 4. The number of anilines is 1. The van der Waals surface area contributed by atoms with E-state index < -0.39 is 41.6 Å². The van der Waals surface area contributed by atoms with Crippen molar-refractivity contribution in [1.29, 1.82) is 0 Å². The zero-order valence-electron chi connectivity index (χ0n) is 30.7. The number of aliphatic carboxylic acids is 4. The number of carbonyl (C=O) groups excluding carboxylic acids is 1. The van der Waals surface area contributed by atoms with Crippen molar-refractivity contribution in [2.24, 2.45) is 0 Å². The second-order valence-corrected chi connectivity index (χ2v) is 13.6. The Bertz CT molecular complexity index is 1590. The molecule has 0 saturated carbocycles. The van der Waals surface area contributed by atoms with E-state index in [0.717, 1.165) is 11.8 Å². The minimum atomic E-state index is -1.09. The van der Waals surface area contributed by atoms with E-state index in [-0.39, 0.29) is 77.7 Å². The topological polar surface area (TPSA) is 231 Å². The highest BCUT2D eigenvalue weighted by atomic mass is 32.1. The fraction of sp³-hybridized carbons (Fsp3) is 0.514. The smallest absolute Gasteiger partial charge is 0.317 e. The van der Waals surface area contributed by atoms with Crippen molar-refractivity contribution in [3.8, 4) is 0 Å². The molecule has 2 heterocycles. The van der Waals surface area contributed by atoms with Crippen LogP contribution >= 0.6 is 12.2 Å². The Balaban J connectivity index is 1.61. The first kappa shape index (κ1) is 44.5. The molecule has 1 aliphatic heterocycles. The molecule has 302 valence electrons. The number of aromatic nitrogens is 1. The van der Waals surface area contributed by atoms with Gasteiger partial charge in [-0.25, -0.2) is 9.37 Å². The SMILES string of the molecule is CN(CCNC(=O)c1ccc(F)cn1)CCNC(=S)Nc1ccc(CC2CN(CC(=O)O)CCN(CC(=O)O)CCN(CC(=O)O)CCN2CC(=O)O)cc1. The van der Waals surface area contributed by atoms with E-state index in [1.807, 2.05) is 36.2 Å². The Kier molecular flexibility index (Phi) is 18.7. The van der Waals surface area contributed by atoms with E-state index in [2.05, 4.69) is 20.9 Å². The molecular formula is C35H50FN9O9S. The average molecular weight is 792 g/mol. The lowest BCUT2D eigenvalue weighted by molar-refractivity contribution is -0.142. The number of nitrogens with one attached hydrogen (secondary N) is 3. The van der Waals surface area contributed by atoms with Gasteiger partial charge in [-0.05, 0) is 55.5 Å². The Morgan fingerprint density at radius 3 is 1.84 bits per heavy atom.